The first-order valence-corrected chi connectivity index (χ1v) is 10.2. The van der Waals surface area contributed by atoms with Gasteiger partial charge in [-0.3, -0.25) is 20.0 Å². The van der Waals surface area contributed by atoms with Crippen LogP contribution in [0.2, 0.25) is 0 Å². The van der Waals surface area contributed by atoms with Crippen molar-refractivity contribution in [3.63, 3.8) is 0 Å². The second kappa shape index (κ2) is 8.31. The molecule has 0 aliphatic heterocycles. The molecule has 0 saturated carbocycles. The molecule has 0 bridgehead atoms. The van der Waals surface area contributed by atoms with Gasteiger partial charge in [0.1, 0.15) is 0 Å². The third kappa shape index (κ3) is 4.09. The molecule has 2 atom stereocenters. The first-order chi connectivity index (χ1) is 14.4. The van der Waals surface area contributed by atoms with Gasteiger partial charge in [0.15, 0.2) is 22.9 Å². The Morgan fingerprint density at radius 1 is 1.33 bits per heavy atom. The second-order valence-electron chi connectivity index (χ2n) is 6.98. The highest BCUT2D eigenvalue weighted by Crippen LogP contribution is 2.31. The summed E-state index contributed by atoms with van der Waals surface area (Å²) in [5.41, 5.74) is 2.52. The summed E-state index contributed by atoms with van der Waals surface area (Å²) in [6, 6.07) is 3.45. The number of nitrogens with one attached hydrogen (secondary N) is 2. The number of aromatic nitrogens is 3. The molecule has 1 aliphatic carbocycles. The molecule has 0 radical (unpaired) electrons. The molecular weight excluding hydrogens is 414 g/mol. The van der Waals surface area contributed by atoms with Crippen LogP contribution in [0.3, 0.4) is 0 Å². The lowest BCUT2D eigenvalue weighted by Crippen LogP contribution is -2.32. The Morgan fingerprint density at radius 2 is 2.17 bits per heavy atom. The number of aryl methyl sites for hydroxylation is 1. The molecule has 0 fully saturated rings. The monoisotopic (exact) mass is 432 g/mol. The molecule has 30 heavy (non-hydrogen) atoms. The number of H-pyrrole nitrogens is 1. The van der Waals surface area contributed by atoms with Crippen LogP contribution in [-0.4, -0.2) is 33.2 Å². The lowest BCUT2D eigenvalue weighted by molar-refractivity contribution is -0.155. The van der Waals surface area contributed by atoms with Gasteiger partial charge < -0.3 is 4.74 Å². The SMILES string of the molecule is CC(OC(=O)C1CCCc2[nH]ncc21)C(=O)Nc1nc(-c2ccc(F)c(F)c2)cs1. The van der Waals surface area contributed by atoms with E-state index in [0.29, 0.717) is 17.7 Å². The summed E-state index contributed by atoms with van der Waals surface area (Å²) in [6.45, 7) is 1.48. The number of hydrogen-bond donors (Lipinski definition) is 2. The number of benzene rings is 1. The van der Waals surface area contributed by atoms with Gasteiger partial charge in [0, 0.05) is 22.2 Å². The zero-order chi connectivity index (χ0) is 21.3. The third-order valence-corrected chi connectivity index (χ3v) is 5.70. The number of thiazole rings is 1. The van der Waals surface area contributed by atoms with Gasteiger partial charge in [-0.2, -0.15) is 5.10 Å². The minimum absolute atomic E-state index is 0.261. The molecular formula is C20H18F2N4O3S. The standard InChI is InChI=1S/C20H18F2N4O3S/c1-10(29-19(28)12-3-2-4-16-13(12)8-23-26-16)18(27)25-20-24-17(9-30-20)11-5-6-14(21)15(22)7-11/h5-10,12H,2-4H2,1H3,(H,23,26)(H,24,25,27). The first-order valence-electron chi connectivity index (χ1n) is 9.37. The van der Waals surface area contributed by atoms with Crippen molar-refractivity contribution >= 4 is 28.3 Å². The number of rotatable bonds is 5. The highest BCUT2D eigenvalue weighted by Gasteiger charge is 2.31. The van der Waals surface area contributed by atoms with Gasteiger partial charge in [-0.15, -0.1) is 11.3 Å². The van der Waals surface area contributed by atoms with E-state index in [1.165, 1.54) is 13.0 Å². The molecule has 156 valence electrons. The maximum absolute atomic E-state index is 13.4. The maximum Gasteiger partial charge on any atom is 0.314 e. The summed E-state index contributed by atoms with van der Waals surface area (Å²) < 4.78 is 31.9. The number of nitrogens with zero attached hydrogens (tertiary/aromatic N) is 2. The fourth-order valence-electron chi connectivity index (χ4n) is 3.34. The van der Waals surface area contributed by atoms with Crippen molar-refractivity contribution in [3.8, 4) is 11.3 Å². The zero-order valence-corrected chi connectivity index (χ0v) is 16.8. The second-order valence-corrected chi connectivity index (χ2v) is 7.84. The van der Waals surface area contributed by atoms with Crippen LogP contribution < -0.4 is 5.32 Å². The third-order valence-electron chi connectivity index (χ3n) is 4.94. The number of carbonyl (C=O) groups excluding carboxylic acids is 2. The van der Waals surface area contributed by atoms with E-state index in [1.54, 1.807) is 11.6 Å². The molecule has 0 saturated heterocycles. The topological polar surface area (TPSA) is 97.0 Å². The lowest BCUT2D eigenvalue weighted by Gasteiger charge is -2.22. The summed E-state index contributed by atoms with van der Waals surface area (Å²) >= 11 is 1.13. The Kier molecular flexibility index (Phi) is 5.58. The predicted molar refractivity (Wildman–Crippen MR) is 106 cm³/mol. The van der Waals surface area contributed by atoms with Crippen LogP contribution in [0.5, 0.6) is 0 Å². The summed E-state index contributed by atoms with van der Waals surface area (Å²) in [6.07, 6.45) is 2.91. The van der Waals surface area contributed by atoms with Gasteiger partial charge in [-0.25, -0.2) is 13.8 Å². The summed E-state index contributed by atoms with van der Waals surface area (Å²) in [5, 5.41) is 11.3. The highest BCUT2D eigenvalue weighted by atomic mass is 32.1. The zero-order valence-electron chi connectivity index (χ0n) is 15.9. The van der Waals surface area contributed by atoms with Gasteiger partial charge in [0.2, 0.25) is 0 Å². The quantitative estimate of drug-likeness (QED) is 0.598. The smallest absolute Gasteiger partial charge is 0.314 e. The minimum Gasteiger partial charge on any atom is -0.452 e. The maximum atomic E-state index is 13.4. The molecule has 2 aromatic heterocycles. The van der Waals surface area contributed by atoms with Crippen LogP contribution in [0.4, 0.5) is 13.9 Å². The Labute approximate surface area is 174 Å². The highest BCUT2D eigenvalue weighted by molar-refractivity contribution is 7.14. The summed E-state index contributed by atoms with van der Waals surface area (Å²) in [4.78, 5) is 29.2. The Bertz CT molecular complexity index is 1100. The van der Waals surface area contributed by atoms with Crippen molar-refractivity contribution in [3.05, 3.63) is 52.7 Å². The largest absolute Gasteiger partial charge is 0.452 e. The fraction of sp³-hybridized carbons (Fsp3) is 0.300. The number of ether oxygens (including phenoxy) is 1. The molecule has 1 aromatic carbocycles. The van der Waals surface area contributed by atoms with Gasteiger partial charge in [-0.05, 0) is 44.4 Å². The van der Waals surface area contributed by atoms with Crippen LogP contribution in [0.25, 0.3) is 11.3 Å². The van der Waals surface area contributed by atoms with E-state index >= 15 is 0 Å². The molecule has 2 unspecified atom stereocenters. The average molecular weight is 432 g/mol. The number of hydrogen-bond acceptors (Lipinski definition) is 6. The van der Waals surface area contributed by atoms with Gasteiger partial charge in [0.05, 0.1) is 17.8 Å². The van der Waals surface area contributed by atoms with Crippen molar-refractivity contribution in [1.29, 1.82) is 0 Å². The molecule has 2 heterocycles. The fourth-order valence-corrected chi connectivity index (χ4v) is 4.06. The van der Waals surface area contributed by atoms with Crippen molar-refractivity contribution in [2.24, 2.45) is 0 Å². The molecule has 10 heteroatoms. The molecule has 1 amide bonds. The van der Waals surface area contributed by atoms with Crippen molar-refractivity contribution in [2.75, 3.05) is 5.32 Å². The summed E-state index contributed by atoms with van der Waals surface area (Å²) in [5.74, 6) is -3.37. The number of amides is 1. The Hall–Kier alpha value is -3.14. The van der Waals surface area contributed by atoms with E-state index in [4.69, 9.17) is 4.74 Å². The van der Waals surface area contributed by atoms with Gasteiger partial charge >= 0.3 is 5.97 Å². The minimum atomic E-state index is -1.02. The van der Waals surface area contributed by atoms with Crippen molar-refractivity contribution < 1.29 is 23.1 Å². The Morgan fingerprint density at radius 3 is 2.97 bits per heavy atom. The van der Waals surface area contributed by atoms with Gasteiger partial charge in [0.25, 0.3) is 5.91 Å². The number of halogens is 2. The number of carbonyl (C=O) groups is 2. The first kappa shape index (κ1) is 20.1. The van der Waals surface area contributed by atoms with Crippen LogP contribution in [-0.2, 0) is 20.7 Å². The Balaban J connectivity index is 1.38. The number of aromatic amines is 1. The van der Waals surface area contributed by atoms with E-state index in [1.807, 2.05) is 0 Å². The van der Waals surface area contributed by atoms with Crippen LogP contribution >= 0.6 is 11.3 Å². The number of anilines is 1. The van der Waals surface area contributed by atoms with E-state index in [0.717, 1.165) is 47.6 Å². The normalized spacial score (nSPS) is 16.6. The van der Waals surface area contributed by atoms with E-state index in [2.05, 4.69) is 20.5 Å². The van der Waals surface area contributed by atoms with Crippen LogP contribution in [0.1, 0.15) is 36.9 Å². The van der Waals surface area contributed by atoms with E-state index < -0.39 is 35.5 Å². The molecule has 1 aliphatic rings. The predicted octanol–water partition coefficient (Wildman–Crippen LogP) is 3.80. The molecule has 3 aromatic rings. The number of fused-ring (bicyclic) bond motifs is 1. The molecule has 4 rings (SSSR count). The number of esters is 1. The molecule has 0 spiro atoms. The van der Waals surface area contributed by atoms with Crippen LogP contribution in [0.15, 0.2) is 29.8 Å². The lowest BCUT2D eigenvalue weighted by atomic mass is 9.87. The van der Waals surface area contributed by atoms with E-state index in [9.17, 15) is 18.4 Å². The van der Waals surface area contributed by atoms with Gasteiger partial charge in [-0.1, -0.05) is 0 Å². The molecule has 2 N–H and O–H groups in total. The summed E-state index contributed by atoms with van der Waals surface area (Å²) in [7, 11) is 0. The van der Waals surface area contributed by atoms with E-state index in [-0.39, 0.29) is 5.13 Å². The van der Waals surface area contributed by atoms with Crippen molar-refractivity contribution in [1.82, 2.24) is 15.2 Å². The molecule has 7 nitrogen and oxygen atoms in total. The van der Waals surface area contributed by atoms with Crippen molar-refractivity contribution in [2.45, 2.75) is 38.2 Å². The van der Waals surface area contributed by atoms with Crippen LogP contribution in [0, 0.1) is 11.6 Å². The average Bonchev–Trinajstić information content (AvgIpc) is 3.39.